The number of carbonyl (C=O) groups excluding carboxylic acids is 2. The molecule has 1 fully saturated rings. The number of nitrogens with one attached hydrogen (secondary N) is 1. The largest absolute Gasteiger partial charge is 0.481 e. The van der Waals surface area contributed by atoms with Crippen LogP contribution >= 0.6 is 0 Å². The van der Waals surface area contributed by atoms with Crippen LogP contribution < -0.4 is 10.1 Å². The van der Waals surface area contributed by atoms with Crippen molar-refractivity contribution < 1.29 is 19.1 Å². The van der Waals surface area contributed by atoms with E-state index in [0.717, 1.165) is 30.4 Å². The minimum Gasteiger partial charge on any atom is -0.481 e. The minimum absolute atomic E-state index is 0.191. The maximum Gasteiger partial charge on any atom is 0.344 e. The second kappa shape index (κ2) is 8.71. The number of benzene rings is 1. The van der Waals surface area contributed by atoms with Crippen LogP contribution in [0.15, 0.2) is 18.2 Å². The number of carbonyl (C=O) groups is 2. The van der Waals surface area contributed by atoms with Gasteiger partial charge in [-0.3, -0.25) is 4.79 Å². The Bertz CT molecular complexity index is 564. The molecule has 0 spiro atoms. The maximum atomic E-state index is 11.9. The van der Waals surface area contributed by atoms with Crippen molar-refractivity contribution in [3.05, 3.63) is 29.3 Å². The molecule has 2 rings (SSSR count). The molecule has 1 aliphatic carbocycles. The predicted molar refractivity (Wildman–Crippen MR) is 91.9 cm³/mol. The zero-order valence-corrected chi connectivity index (χ0v) is 14.8. The van der Waals surface area contributed by atoms with E-state index in [1.165, 1.54) is 6.42 Å². The first-order valence-electron chi connectivity index (χ1n) is 8.61. The van der Waals surface area contributed by atoms with Crippen molar-refractivity contribution in [3.63, 3.8) is 0 Å². The Morgan fingerprint density at radius 1 is 1.12 bits per heavy atom. The van der Waals surface area contributed by atoms with E-state index in [1.807, 2.05) is 32.0 Å². The molecule has 5 nitrogen and oxygen atoms in total. The first-order chi connectivity index (χ1) is 11.5. The Morgan fingerprint density at radius 3 is 2.46 bits per heavy atom. The second-order valence-electron chi connectivity index (χ2n) is 6.61. The summed E-state index contributed by atoms with van der Waals surface area (Å²) in [6.07, 6.45) is 4.49. The zero-order valence-electron chi connectivity index (χ0n) is 14.8. The van der Waals surface area contributed by atoms with E-state index in [-0.39, 0.29) is 25.2 Å². The van der Waals surface area contributed by atoms with E-state index in [1.54, 1.807) is 0 Å². The Kier molecular flexibility index (Phi) is 6.64. The molecule has 0 heterocycles. The van der Waals surface area contributed by atoms with Gasteiger partial charge in [-0.2, -0.15) is 0 Å². The molecule has 0 bridgehead atoms. The zero-order chi connectivity index (χ0) is 17.5. The molecular weight excluding hydrogens is 306 g/mol. The van der Waals surface area contributed by atoms with Gasteiger partial charge in [-0.25, -0.2) is 4.79 Å². The summed E-state index contributed by atoms with van der Waals surface area (Å²) in [5.74, 6) is 0.388. The SMILES string of the molecule is Cc1cccc(C)c1OCC(=O)OCC(=O)N[C@@H]1CCCC[C@H]1C. The van der Waals surface area contributed by atoms with Crippen LogP contribution in [-0.2, 0) is 14.3 Å². The maximum absolute atomic E-state index is 11.9. The predicted octanol–water partition coefficient (Wildman–Crippen LogP) is 2.92. The molecule has 0 aliphatic heterocycles. The molecule has 2 atom stereocenters. The van der Waals surface area contributed by atoms with E-state index >= 15 is 0 Å². The number of hydrogen-bond donors (Lipinski definition) is 1. The Morgan fingerprint density at radius 2 is 1.79 bits per heavy atom. The normalized spacial score (nSPS) is 20.3. The summed E-state index contributed by atoms with van der Waals surface area (Å²) in [7, 11) is 0. The van der Waals surface area contributed by atoms with Crippen molar-refractivity contribution in [2.75, 3.05) is 13.2 Å². The molecule has 1 amide bonds. The lowest BCUT2D eigenvalue weighted by Gasteiger charge is -2.29. The number of para-hydroxylation sites is 1. The number of aryl methyl sites for hydroxylation is 2. The fourth-order valence-corrected chi connectivity index (χ4v) is 3.12. The number of hydrogen-bond acceptors (Lipinski definition) is 4. The van der Waals surface area contributed by atoms with Gasteiger partial charge < -0.3 is 14.8 Å². The summed E-state index contributed by atoms with van der Waals surface area (Å²) in [4.78, 5) is 23.7. The van der Waals surface area contributed by atoms with Gasteiger partial charge in [0.25, 0.3) is 5.91 Å². The minimum atomic E-state index is -0.538. The molecule has 1 aromatic rings. The summed E-state index contributed by atoms with van der Waals surface area (Å²) in [6, 6.07) is 5.97. The van der Waals surface area contributed by atoms with E-state index < -0.39 is 5.97 Å². The van der Waals surface area contributed by atoms with Crippen molar-refractivity contribution in [3.8, 4) is 5.75 Å². The van der Waals surface area contributed by atoms with Gasteiger partial charge in [-0.05, 0) is 43.7 Å². The molecule has 0 radical (unpaired) electrons. The molecule has 1 N–H and O–H groups in total. The second-order valence-corrected chi connectivity index (χ2v) is 6.61. The molecule has 132 valence electrons. The van der Waals surface area contributed by atoms with Crippen LogP contribution in [0.1, 0.15) is 43.7 Å². The lowest BCUT2D eigenvalue weighted by molar-refractivity contribution is -0.150. The fraction of sp³-hybridized carbons (Fsp3) is 0.579. The summed E-state index contributed by atoms with van der Waals surface area (Å²) < 4.78 is 10.5. The fourth-order valence-electron chi connectivity index (χ4n) is 3.12. The van der Waals surface area contributed by atoms with Gasteiger partial charge in [-0.15, -0.1) is 0 Å². The average Bonchev–Trinajstić information content (AvgIpc) is 2.54. The molecule has 5 heteroatoms. The van der Waals surface area contributed by atoms with Crippen LogP contribution in [0.4, 0.5) is 0 Å². The first-order valence-corrected chi connectivity index (χ1v) is 8.61. The Labute approximate surface area is 143 Å². The van der Waals surface area contributed by atoms with Gasteiger partial charge in [0.1, 0.15) is 5.75 Å². The molecule has 1 aromatic carbocycles. The first kappa shape index (κ1) is 18.3. The van der Waals surface area contributed by atoms with Crippen molar-refractivity contribution in [2.24, 2.45) is 5.92 Å². The summed E-state index contributed by atoms with van der Waals surface area (Å²) >= 11 is 0. The van der Waals surface area contributed by atoms with Gasteiger partial charge in [0.05, 0.1) is 0 Å². The number of amides is 1. The van der Waals surface area contributed by atoms with E-state index in [0.29, 0.717) is 11.7 Å². The van der Waals surface area contributed by atoms with Crippen LogP contribution in [0.2, 0.25) is 0 Å². The van der Waals surface area contributed by atoms with E-state index in [2.05, 4.69) is 12.2 Å². The topological polar surface area (TPSA) is 64.6 Å². The van der Waals surface area contributed by atoms with Crippen molar-refractivity contribution in [1.29, 1.82) is 0 Å². The van der Waals surface area contributed by atoms with E-state index in [4.69, 9.17) is 9.47 Å². The third kappa shape index (κ3) is 5.25. The lowest BCUT2D eigenvalue weighted by atomic mass is 9.86. The van der Waals surface area contributed by atoms with Gasteiger partial charge in [0.2, 0.25) is 0 Å². The van der Waals surface area contributed by atoms with Crippen LogP contribution in [0.5, 0.6) is 5.75 Å². The number of rotatable bonds is 6. The highest BCUT2D eigenvalue weighted by atomic mass is 16.6. The highest BCUT2D eigenvalue weighted by molar-refractivity contribution is 5.81. The summed E-state index contributed by atoms with van der Waals surface area (Å²) in [5.41, 5.74) is 1.93. The molecular formula is C19H27NO4. The number of ether oxygens (including phenoxy) is 2. The van der Waals surface area contributed by atoms with Crippen LogP contribution in [0.25, 0.3) is 0 Å². The summed E-state index contributed by atoms with van der Waals surface area (Å²) in [6.45, 7) is 5.55. The van der Waals surface area contributed by atoms with Crippen LogP contribution in [-0.4, -0.2) is 31.1 Å². The molecule has 0 saturated heterocycles. The lowest BCUT2D eigenvalue weighted by Crippen LogP contribution is -2.43. The quantitative estimate of drug-likeness (QED) is 0.813. The van der Waals surface area contributed by atoms with E-state index in [9.17, 15) is 9.59 Å². The molecule has 0 unspecified atom stereocenters. The van der Waals surface area contributed by atoms with Crippen LogP contribution in [0.3, 0.4) is 0 Å². The monoisotopic (exact) mass is 333 g/mol. The van der Waals surface area contributed by atoms with Crippen molar-refractivity contribution in [2.45, 2.75) is 52.5 Å². The van der Waals surface area contributed by atoms with Gasteiger partial charge in [0, 0.05) is 6.04 Å². The van der Waals surface area contributed by atoms with Gasteiger partial charge in [-0.1, -0.05) is 38.0 Å². The smallest absolute Gasteiger partial charge is 0.344 e. The van der Waals surface area contributed by atoms with Gasteiger partial charge in [0.15, 0.2) is 13.2 Å². The average molecular weight is 333 g/mol. The standard InChI is InChI=1S/C19H27NO4/c1-13-7-4-5-10-16(13)20-17(21)11-23-18(22)12-24-19-14(2)8-6-9-15(19)3/h6,8-9,13,16H,4-5,7,10-12H2,1-3H3,(H,20,21)/t13-,16-/m1/s1. The molecule has 24 heavy (non-hydrogen) atoms. The van der Waals surface area contributed by atoms with Crippen molar-refractivity contribution >= 4 is 11.9 Å². The summed E-state index contributed by atoms with van der Waals surface area (Å²) in [5, 5.41) is 2.96. The Hall–Kier alpha value is -2.04. The Balaban J connectivity index is 1.72. The van der Waals surface area contributed by atoms with Crippen molar-refractivity contribution in [1.82, 2.24) is 5.32 Å². The molecule has 1 aliphatic rings. The third-order valence-electron chi connectivity index (χ3n) is 4.57. The molecule has 0 aromatic heterocycles. The third-order valence-corrected chi connectivity index (χ3v) is 4.57. The van der Waals surface area contributed by atoms with Crippen LogP contribution in [0, 0.1) is 19.8 Å². The molecule has 1 saturated carbocycles. The highest BCUT2D eigenvalue weighted by Crippen LogP contribution is 2.24. The van der Waals surface area contributed by atoms with Gasteiger partial charge >= 0.3 is 5.97 Å². The highest BCUT2D eigenvalue weighted by Gasteiger charge is 2.23. The number of esters is 1.